The van der Waals surface area contributed by atoms with Gasteiger partial charge in [-0.15, -0.1) is 11.3 Å². The van der Waals surface area contributed by atoms with Crippen LogP contribution in [-0.4, -0.2) is 17.9 Å². The highest BCUT2D eigenvalue weighted by molar-refractivity contribution is 7.09. The average Bonchev–Trinajstić information content (AvgIpc) is 2.87. The van der Waals surface area contributed by atoms with Crippen molar-refractivity contribution >= 4 is 17.6 Å². The topological polar surface area (TPSA) is 48.4 Å². The lowest BCUT2D eigenvalue weighted by Crippen LogP contribution is -2.21. The third-order valence-electron chi connectivity index (χ3n) is 2.44. The van der Waals surface area contributed by atoms with Gasteiger partial charge in [0.1, 0.15) is 17.3 Å². The van der Waals surface area contributed by atoms with Gasteiger partial charge in [-0.1, -0.05) is 12.1 Å². The summed E-state index contributed by atoms with van der Waals surface area (Å²) in [6, 6.07) is 7.51. The van der Waals surface area contributed by atoms with Crippen molar-refractivity contribution in [1.82, 2.24) is 4.98 Å². The molecular weight excluding hydrogens is 238 g/mol. The van der Waals surface area contributed by atoms with E-state index >= 15 is 0 Å². The first-order chi connectivity index (χ1) is 8.36. The molecule has 86 valence electrons. The van der Waals surface area contributed by atoms with Crippen LogP contribution in [0.4, 0.5) is 0 Å². The number of nitrogens with zero attached hydrogens (tertiary/aromatic N) is 1. The van der Waals surface area contributed by atoms with Gasteiger partial charge >= 0.3 is 0 Å². The summed E-state index contributed by atoms with van der Waals surface area (Å²) in [5.41, 5.74) is 0.437. The Hall–Kier alpha value is -1.88. The van der Waals surface area contributed by atoms with Crippen LogP contribution >= 0.6 is 11.3 Å². The minimum absolute atomic E-state index is 0.233. The van der Waals surface area contributed by atoms with Crippen molar-refractivity contribution in [3.8, 4) is 11.5 Å². The Balaban J connectivity index is 1.86. The molecule has 1 atom stereocenters. The predicted molar refractivity (Wildman–Crippen MR) is 62.8 cm³/mol. The third-order valence-corrected chi connectivity index (χ3v) is 3.40. The number of thiazole rings is 1. The molecule has 2 heterocycles. The number of carbonyl (C=O) groups excluding carboxylic acids is 1. The molecule has 1 unspecified atom stereocenters. The molecule has 0 aliphatic carbocycles. The molecule has 2 aromatic rings. The van der Waals surface area contributed by atoms with Gasteiger partial charge < -0.3 is 9.47 Å². The number of hydrogen-bond acceptors (Lipinski definition) is 5. The van der Waals surface area contributed by atoms with Crippen LogP contribution in [0.25, 0.3) is 0 Å². The largest absolute Gasteiger partial charge is 0.485 e. The standard InChI is InChI=1S/C12H9NO3S/c14-5-8-7-17-12(13-8)11-6-15-9-3-1-2-4-10(9)16-11/h1-5,7,11H,6H2. The van der Waals surface area contributed by atoms with E-state index in [2.05, 4.69) is 4.98 Å². The molecule has 1 aromatic carbocycles. The van der Waals surface area contributed by atoms with Gasteiger partial charge in [0.2, 0.25) is 0 Å². The lowest BCUT2D eigenvalue weighted by Gasteiger charge is -2.24. The van der Waals surface area contributed by atoms with Crippen molar-refractivity contribution < 1.29 is 14.3 Å². The van der Waals surface area contributed by atoms with Crippen LogP contribution < -0.4 is 9.47 Å². The van der Waals surface area contributed by atoms with Crippen molar-refractivity contribution in [2.75, 3.05) is 6.61 Å². The van der Waals surface area contributed by atoms with Crippen molar-refractivity contribution in [2.45, 2.75) is 6.10 Å². The summed E-state index contributed by atoms with van der Waals surface area (Å²) < 4.78 is 11.4. The smallest absolute Gasteiger partial charge is 0.184 e. The molecule has 1 aliphatic rings. The molecule has 1 aromatic heterocycles. The van der Waals surface area contributed by atoms with E-state index in [-0.39, 0.29) is 6.10 Å². The zero-order chi connectivity index (χ0) is 11.7. The van der Waals surface area contributed by atoms with E-state index in [0.29, 0.717) is 18.1 Å². The van der Waals surface area contributed by atoms with Gasteiger partial charge in [-0.05, 0) is 12.1 Å². The van der Waals surface area contributed by atoms with E-state index in [1.807, 2.05) is 24.3 Å². The molecule has 0 saturated carbocycles. The number of hydrogen-bond donors (Lipinski definition) is 0. The first-order valence-electron chi connectivity index (χ1n) is 5.16. The number of aldehydes is 1. The second-order valence-electron chi connectivity index (χ2n) is 3.59. The monoisotopic (exact) mass is 247 g/mol. The molecule has 0 amide bonds. The van der Waals surface area contributed by atoms with Crippen molar-refractivity contribution in [3.05, 3.63) is 40.3 Å². The Morgan fingerprint density at radius 3 is 2.94 bits per heavy atom. The van der Waals surface area contributed by atoms with Gasteiger partial charge in [0.15, 0.2) is 23.9 Å². The van der Waals surface area contributed by atoms with E-state index in [9.17, 15) is 4.79 Å². The van der Waals surface area contributed by atoms with E-state index in [0.717, 1.165) is 17.0 Å². The first-order valence-corrected chi connectivity index (χ1v) is 6.04. The maximum absolute atomic E-state index is 10.6. The lowest BCUT2D eigenvalue weighted by molar-refractivity contribution is 0.0908. The van der Waals surface area contributed by atoms with Gasteiger partial charge in [0, 0.05) is 5.38 Å². The summed E-state index contributed by atoms with van der Waals surface area (Å²) in [4.78, 5) is 14.7. The summed E-state index contributed by atoms with van der Waals surface area (Å²) >= 11 is 1.41. The number of para-hydroxylation sites is 2. The molecule has 1 aliphatic heterocycles. The maximum atomic E-state index is 10.6. The van der Waals surface area contributed by atoms with Crippen LogP contribution in [0.5, 0.6) is 11.5 Å². The van der Waals surface area contributed by atoms with Crippen molar-refractivity contribution in [3.63, 3.8) is 0 Å². The number of aromatic nitrogens is 1. The first kappa shape index (κ1) is 10.3. The molecule has 0 N–H and O–H groups in total. The van der Waals surface area contributed by atoms with Crippen LogP contribution in [0.2, 0.25) is 0 Å². The number of fused-ring (bicyclic) bond motifs is 1. The predicted octanol–water partition coefficient (Wildman–Crippen LogP) is 2.47. The zero-order valence-corrected chi connectivity index (χ0v) is 9.65. The van der Waals surface area contributed by atoms with Gasteiger partial charge in [-0.3, -0.25) is 4.79 Å². The maximum Gasteiger partial charge on any atom is 0.184 e. The summed E-state index contributed by atoms with van der Waals surface area (Å²) in [6.45, 7) is 0.419. The lowest BCUT2D eigenvalue weighted by atomic mass is 10.2. The highest BCUT2D eigenvalue weighted by atomic mass is 32.1. The second kappa shape index (κ2) is 4.18. The zero-order valence-electron chi connectivity index (χ0n) is 8.83. The van der Waals surface area contributed by atoms with Crippen LogP contribution in [0.15, 0.2) is 29.6 Å². The van der Waals surface area contributed by atoms with Gasteiger partial charge in [-0.2, -0.15) is 0 Å². The highest BCUT2D eigenvalue weighted by Crippen LogP contribution is 2.36. The van der Waals surface area contributed by atoms with Crippen molar-refractivity contribution in [1.29, 1.82) is 0 Å². The molecule has 0 spiro atoms. The molecule has 5 heteroatoms. The van der Waals surface area contributed by atoms with Crippen molar-refractivity contribution in [2.24, 2.45) is 0 Å². The van der Waals surface area contributed by atoms with Gasteiger partial charge in [0.05, 0.1) is 0 Å². The Labute approximate surface area is 102 Å². The number of rotatable bonds is 2. The summed E-state index contributed by atoms with van der Waals surface area (Å²) in [5.74, 6) is 1.46. The molecule has 0 saturated heterocycles. The van der Waals surface area contributed by atoms with Crippen LogP contribution in [0.3, 0.4) is 0 Å². The summed E-state index contributed by atoms with van der Waals surface area (Å²) in [5, 5.41) is 2.48. The fourth-order valence-electron chi connectivity index (χ4n) is 1.64. The van der Waals surface area contributed by atoms with E-state index in [1.165, 1.54) is 11.3 Å². The molecule has 0 radical (unpaired) electrons. The highest BCUT2D eigenvalue weighted by Gasteiger charge is 2.24. The van der Waals surface area contributed by atoms with E-state index in [1.54, 1.807) is 5.38 Å². The fraction of sp³-hybridized carbons (Fsp3) is 0.167. The van der Waals surface area contributed by atoms with Crippen LogP contribution in [0, 0.1) is 0 Å². The normalized spacial score (nSPS) is 17.8. The Kier molecular flexibility index (Phi) is 2.53. The van der Waals surface area contributed by atoms with Gasteiger partial charge in [-0.25, -0.2) is 4.98 Å². The molecule has 4 nitrogen and oxygen atoms in total. The SMILES string of the molecule is O=Cc1csc(C2COc3ccccc3O2)n1. The average molecular weight is 247 g/mol. The third kappa shape index (κ3) is 1.89. The molecule has 0 bridgehead atoms. The molecule has 0 fully saturated rings. The number of ether oxygens (including phenoxy) is 2. The Bertz CT molecular complexity index is 552. The summed E-state index contributed by atoms with van der Waals surface area (Å²) in [7, 11) is 0. The van der Waals surface area contributed by atoms with Crippen LogP contribution in [0.1, 0.15) is 21.6 Å². The summed E-state index contributed by atoms with van der Waals surface area (Å²) in [6.07, 6.45) is 0.501. The fourth-order valence-corrected chi connectivity index (χ4v) is 2.42. The minimum Gasteiger partial charge on any atom is -0.485 e. The quantitative estimate of drug-likeness (QED) is 0.765. The van der Waals surface area contributed by atoms with Crippen LogP contribution in [-0.2, 0) is 0 Å². The minimum atomic E-state index is -0.233. The number of carbonyl (C=O) groups is 1. The molecule has 3 rings (SSSR count). The molecule has 17 heavy (non-hydrogen) atoms. The number of benzene rings is 1. The van der Waals surface area contributed by atoms with Gasteiger partial charge in [0.25, 0.3) is 0 Å². The van der Waals surface area contributed by atoms with E-state index in [4.69, 9.17) is 9.47 Å². The molecular formula is C12H9NO3S. The Morgan fingerprint density at radius 2 is 2.18 bits per heavy atom. The second-order valence-corrected chi connectivity index (χ2v) is 4.48. The Morgan fingerprint density at radius 1 is 1.35 bits per heavy atom. The van der Waals surface area contributed by atoms with E-state index < -0.39 is 0 Å².